The smallest absolute Gasteiger partial charge is 0.254 e. The van der Waals surface area contributed by atoms with E-state index in [2.05, 4.69) is 15.9 Å². The van der Waals surface area contributed by atoms with Gasteiger partial charge in [0, 0.05) is 27.3 Å². The molecule has 1 amide bonds. The molecule has 0 aliphatic rings. The zero-order chi connectivity index (χ0) is 14.9. The summed E-state index contributed by atoms with van der Waals surface area (Å²) in [5, 5.41) is 1.90. The van der Waals surface area contributed by atoms with Gasteiger partial charge in [0.2, 0.25) is 0 Å². The number of amides is 1. The van der Waals surface area contributed by atoms with Gasteiger partial charge >= 0.3 is 0 Å². The van der Waals surface area contributed by atoms with Crippen molar-refractivity contribution in [2.24, 2.45) is 0 Å². The summed E-state index contributed by atoms with van der Waals surface area (Å²) in [4.78, 5) is 14.5. The number of thiophene rings is 1. The molecule has 1 aromatic carbocycles. The largest absolute Gasteiger partial charge is 0.394 e. The van der Waals surface area contributed by atoms with Gasteiger partial charge in [-0.15, -0.1) is 11.3 Å². The van der Waals surface area contributed by atoms with Gasteiger partial charge in [0.15, 0.2) is 0 Å². The lowest BCUT2D eigenvalue weighted by molar-refractivity contribution is 0.0785. The molecule has 0 aliphatic heterocycles. The summed E-state index contributed by atoms with van der Waals surface area (Å²) in [6.07, 6.45) is 0. The summed E-state index contributed by atoms with van der Waals surface area (Å²) >= 11 is 4.82. The summed E-state index contributed by atoms with van der Waals surface area (Å²) in [6.45, 7) is 0.364. The van der Waals surface area contributed by atoms with Crippen LogP contribution in [-0.4, -0.2) is 17.9 Å². The number of nitrogens with two attached hydrogens (primary N) is 1. The normalized spacial score (nSPS) is 10.6. The number of carbonyl (C=O) groups excluding carboxylic acids is 1. The highest BCUT2D eigenvalue weighted by Gasteiger charge is 2.17. The van der Waals surface area contributed by atoms with Crippen molar-refractivity contribution in [2.45, 2.75) is 6.54 Å². The average molecular weight is 361 g/mol. The van der Waals surface area contributed by atoms with E-state index in [1.165, 1.54) is 16.2 Å². The maximum atomic E-state index is 13.4. The van der Waals surface area contributed by atoms with Crippen molar-refractivity contribution in [1.29, 1.82) is 0 Å². The molecule has 0 bridgehead atoms. The number of carbonyl (C=O) groups is 1. The lowest BCUT2D eigenvalue weighted by atomic mass is 10.1. The van der Waals surface area contributed by atoms with Crippen LogP contribution in [0.4, 0.5) is 14.5 Å². The van der Waals surface area contributed by atoms with Crippen LogP contribution in [-0.2, 0) is 6.54 Å². The van der Waals surface area contributed by atoms with Crippen LogP contribution in [0.2, 0.25) is 0 Å². The number of rotatable bonds is 3. The Kier molecular flexibility index (Phi) is 4.39. The maximum Gasteiger partial charge on any atom is 0.254 e. The van der Waals surface area contributed by atoms with Crippen LogP contribution < -0.4 is 5.73 Å². The van der Waals surface area contributed by atoms with Crippen LogP contribution in [0.25, 0.3) is 0 Å². The number of anilines is 1. The van der Waals surface area contributed by atoms with Gasteiger partial charge in [-0.1, -0.05) is 0 Å². The van der Waals surface area contributed by atoms with E-state index in [0.717, 1.165) is 21.5 Å². The Balaban J connectivity index is 2.18. The second kappa shape index (κ2) is 5.88. The number of nitrogens with zero attached hydrogens (tertiary/aromatic N) is 1. The Morgan fingerprint density at radius 2 is 1.95 bits per heavy atom. The minimum absolute atomic E-state index is 0.0627. The minimum Gasteiger partial charge on any atom is -0.394 e. The summed E-state index contributed by atoms with van der Waals surface area (Å²) in [7, 11) is 1.57. The van der Waals surface area contributed by atoms with Gasteiger partial charge in [0.05, 0.1) is 6.54 Å². The van der Waals surface area contributed by atoms with Gasteiger partial charge in [-0.2, -0.15) is 0 Å². The Morgan fingerprint density at radius 1 is 1.35 bits per heavy atom. The van der Waals surface area contributed by atoms with Crippen LogP contribution >= 0.6 is 27.3 Å². The molecule has 0 saturated carbocycles. The van der Waals surface area contributed by atoms with Crippen molar-refractivity contribution in [3.63, 3.8) is 0 Å². The third kappa shape index (κ3) is 3.16. The van der Waals surface area contributed by atoms with E-state index in [1.807, 2.05) is 11.4 Å². The number of nitrogen functional groups attached to an aromatic ring is 1. The molecule has 2 N–H and O–H groups in total. The second-order valence-electron chi connectivity index (χ2n) is 4.25. The molecule has 20 heavy (non-hydrogen) atoms. The first-order valence-electron chi connectivity index (χ1n) is 5.61. The summed E-state index contributed by atoms with van der Waals surface area (Å²) in [5.41, 5.74) is 4.53. The predicted molar refractivity (Wildman–Crippen MR) is 78.6 cm³/mol. The molecule has 106 valence electrons. The minimum atomic E-state index is -0.930. The molecule has 2 aromatic rings. The maximum absolute atomic E-state index is 13.4. The van der Waals surface area contributed by atoms with E-state index in [-0.39, 0.29) is 5.56 Å². The van der Waals surface area contributed by atoms with Gasteiger partial charge < -0.3 is 10.6 Å². The first-order valence-corrected chi connectivity index (χ1v) is 7.28. The fourth-order valence-corrected chi connectivity index (χ4v) is 3.17. The zero-order valence-corrected chi connectivity index (χ0v) is 12.9. The van der Waals surface area contributed by atoms with E-state index < -0.39 is 23.2 Å². The number of halogens is 3. The van der Waals surface area contributed by atoms with E-state index in [4.69, 9.17) is 5.73 Å². The fourth-order valence-electron chi connectivity index (χ4n) is 1.67. The highest BCUT2D eigenvalue weighted by atomic mass is 79.9. The van der Waals surface area contributed by atoms with E-state index in [0.29, 0.717) is 6.54 Å². The lowest BCUT2D eigenvalue weighted by Crippen LogP contribution is -2.26. The Morgan fingerprint density at radius 3 is 2.45 bits per heavy atom. The molecule has 1 heterocycles. The Labute approximate surface area is 127 Å². The summed E-state index contributed by atoms with van der Waals surface area (Å²) < 4.78 is 27.6. The number of hydrogen-bond acceptors (Lipinski definition) is 3. The first-order chi connectivity index (χ1) is 9.38. The van der Waals surface area contributed by atoms with Crippen molar-refractivity contribution in [1.82, 2.24) is 4.90 Å². The average Bonchev–Trinajstić information content (AvgIpc) is 2.79. The number of hydrogen-bond donors (Lipinski definition) is 1. The first kappa shape index (κ1) is 14.9. The molecule has 0 unspecified atom stereocenters. The van der Waals surface area contributed by atoms with Crippen molar-refractivity contribution < 1.29 is 13.6 Å². The second-order valence-corrected chi connectivity index (χ2v) is 6.16. The summed E-state index contributed by atoms with van der Waals surface area (Å²) in [5.74, 6) is -2.33. The van der Waals surface area contributed by atoms with E-state index in [1.54, 1.807) is 7.05 Å². The van der Waals surface area contributed by atoms with Crippen molar-refractivity contribution in [3.8, 4) is 0 Å². The Hall–Kier alpha value is -1.47. The highest BCUT2D eigenvalue weighted by Crippen LogP contribution is 2.22. The SMILES string of the molecule is CN(Cc1cc(Br)cs1)C(=O)c1cc(F)c(N)c(F)c1. The van der Waals surface area contributed by atoms with E-state index >= 15 is 0 Å². The lowest BCUT2D eigenvalue weighted by Gasteiger charge is -2.16. The molecule has 0 fully saturated rings. The third-order valence-corrected chi connectivity index (χ3v) is 4.37. The van der Waals surface area contributed by atoms with Gasteiger partial charge in [-0.25, -0.2) is 8.78 Å². The van der Waals surface area contributed by atoms with Crippen molar-refractivity contribution in [2.75, 3.05) is 12.8 Å². The topological polar surface area (TPSA) is 46.3 Å². The Bertz CT molecular complexity index is 637. The van der Waals surface area contributed by atoms with Crippen LogP contribution in [0, 0.1) is 11.6 Å². The summed E-state index contributed by atoms with van der Waals surface area (Å²) in [6, 6.07) is 3.78. The standard InChI is InChI=1S/C13H11BrF2N2OS/c1-18(5-9-4-8(14)6-20-9)13(19)7-2-10(15)12(17)11(16)3-7/h2-4,6H,5,17H2,1H3. The third-order valence-electron chi connectivity index (χ3n) is 2.69. The van der Waals surface area contributed by atoms with Crippen LogP contribution in [0.15, 0.2) is 28.1 Å². The molecular formula is C13H11BrF2N2OS. The van der Waals surface area contributed by atoms with Crippen LogP contribution in [0.5, 0.6) is 0 Å². The van der Waals surface area contributed by atoms with Gasteiger partial charge in [-0.3, -0.25) is 4.79 Å². The zero-order valence-electron chi connectivity index (χ0n) is 10.5. The molecule has 0 radical (unpaired) electrons. The quantitative estimate of drug-likeness (QED) is 0.849. The molecule has 7 heteroatoms. The van der Waals surface area contributed by atoms with E-state index in [9.17, 15) is 13.6 Å². The molecule has 0 spiro atoms. The number of benzene rings is 1. The van der Waals surface area contributed by atoms with Gasteiger partial charge in [0.1, 0.15) is 17.3 Å². The van der Waals surface area contributed by atoms with Crippen LogP contribution in [0.1, 0.15) is 15.2 Å². The molecular weight excluding hydrogens is 350 g/mol. The van der Waals surface area contributed by atoms with Gasteiger partial charge in [0.25, 0.3) is 5.91 Å². The molecule has 3 nitrogen and oxygen atoms in total. The van der Waals surface area contributed by atoms with Crippen LogP contribution in [0.3, 0.4) is 0 Å². The molecule has 0 aliphatic carbocycles. The molecule has 1 aromatic heterocycles. The molecule has 0 saturated heterocycles. The molecule has 0 atom stereocenters. The molecule has 2 rings (SSSR count). The fraction of sp³-hybridized carbons (Fsp3) is 0.154. The highest BCUT2D eigenvalue weighted by molar-refractivity contribution is 9.10. The van der Waals surface area contributed by atoms with Gasteiger partial charge in [-0.05, 0) is 34.1 Å². The predicted octanol–water partition coefficient (Wildman–Crippen LogP) is 3.64. The van der Waals surface area contributed by atoms with Crippen molar-refractivity contribution in [3.05, 3.63) is 50.1 Å². The van der Waals surface area contributed by atoms with Crippen molar-refractivity contribution >= 4 is 38.9 Å². The monoisotopic (exact) mass is 360 g/mol.